The number of benzene rings is 1. The Morgan fingerprint density at radius 1 is 1.23 bits per heavy atom. The molecule has 6 nitrogen and oxygen atoms in total. The van der Waals surface area contributed by atoms with Crippen LogP contribution in [0.2, 0.25) is 11.1 Å². The summed E-state index contributed by atoms with van der Waals surface area (Å²) in [6.45, 7) is 9.99. The van der Waals surface area contributed by atoms with Crippen LogP contribution in [0.25, 0.3) is 16.9 Å². The Morgan fingerprint density at radius 3 is 2.92 bits per heavy atom. The summed E-state index contributed by atoms with van der Waals surface area (Å²) >= 11 is 0. The first-order chi connectivity index (χ1) is 12.5. The second-order valence-corrected chi connectivity index (χ2v) is 11.5. The number of fused-ring (bicyclic) bond motifs is 2. The molecule has 1 aromatic carbocycles. The Labute approximate surface area is 156 Å². The Morgan fingerprint density at radius 2 is 2.08 bits per heavy atom. The van der Waals surface area contributed by atoms with Crippen LogP contribution in [0.15, 0.2) is 30.5 Å². The molecule has 1 aliphatic heterocycles. The van der Waals surface area contributed by atoms with Gasteiger partial charge in [-0.1, -0.05) is 39.0 Å². The Balaban J connectivity index is 1.56. The smallest absolute Gasteiger partial charge is 0.233 e. The van der Waals surface area contributed by atoms with Gasteiger partial charge in [0.05, 0.1) is 23.1 Å². The highest BCUT2D eigenvalue weighted by Crippen LogP contribution is 2.24. The van der Waals surface area contributed by atoms with Crippen molar-refractivity contribution in [1.29, 1.82) is 0 Å². The maximum atomic E-state index is 6.04. The van der Waals surface area contributed by atoms with Crippen LogP contribution in [0, 0.1) is 0 Å². The van der Waals surface area contributed by atoms with Crippen molar-refractivity contribution in [2.45, 2.75) is 51.7 Å². The number of imidazole rings is 1. The number of nitrogens with one attached hydrogen (secondary N) is 1. The summed E-state index contributed by atoms with van der Waals surface area (Å²) in [4.78, 5) is 4.85. The predicted octanol–water partition coefficient (Wildman–Crippen LogP) is 2.60. The molecule has 0 unspecified atom stereocenters. The molecule has 3 heterocycles. The number of hydrogen-bond donors (Lipinski definition) is 1. The van der Waals surface area contributed by atoms with Crippen molar-refractivity contribution < 1.29 is 4.74 Å². The summed E-state index contributed by atoms with van der Waals surface area (Å²) in [6.07, 6.45) is 1.90. The molecular formula is C19H27N5OSi. The number of hydrogen-bond acceptors (Lipinski definition) is 4. The van der Waals surface area contributed by atoms with Crippen molar-refractivity contribution >= 4 is 20.4 Å². The average molecular weight is 370 g/mol. The first-order valence-electron chi connectivity index (χ1n) is 9.33. The van der Waals surface area contributed by atoms with Gasteiger partial charge in [0, 0.05) is 34.6 Å². The fraction of sp³-hybridized carbons (Fsp3) is 0.474. The Hall–Kier alpha value is -1.96. The number of aromatic nitrogens is 4. The normalized spacial score (nSPS) is 14.7. The summed E-state index contributed by atoms with van der Waals surface area (Å²) in [7, 11) is -0.107. The van der Waals surface area contributed by atoms with Crippen LogP contribution >= 0.6 is 0 Å². The van der Waals surface area contributed by atoms with E-state index in [1.807, 2.05) is 23.0 Å². The van der Waals surface area contributed by atoms with Gasteiger partial charge in [0.25, 0.3) is 0 Å². The van der Waals surface area contributed by atoms with Crippen molar-refractivity contribution in [3.8, 4) is 5.95 Å². The van der Waals surface area contributed by atoms with Crippen LogP contribution in [-0.2, 0) is 24.6 Å². The zero-order valence-electron chi connectivity index (χ0n) is 15.8. The van der Waals surface area contributed by atoms with Crippen LogP contribution in [0.3, 0.4) is 0 Å². The molecule has 0 saturated carbocycles. The standard InChI is InChI=1S/C19H27N5OSi/c1-19(2,3)26-9-8-25-13-23-17-12-20-11-15(17)22-18(23)24-16-7-5-4-6-14(16)10-21-24/h4-7,10,20H,8-9,11-13,26H2,1-3H3. The van der Waals surface area contributed by atoms with Crippen LogP contribution in [0.4, 0.5) is 0 Å². The van der Waals surface area contributed by atoms with E-state index >= 15 is 0 Å². The minimum atomic E-state index is -0.107. The second kappa shape index (κ2) is 6.98. The minimum Gasteiger partial charge on any atom is -0.361 e. The van der Waals surface area contributed by atoms with Gasteiger partial charge in [-0.3, -0.25) is 4.57 Å². The lowest BCUT2D eigenvalue weighted by molar-refractivity contribution is 0.0853. The average Bonchev–Trinajstić information content (AvgIpc) is 3.27. The lowest BCUT2D eigenvalue weighted by Gasteiger charge is -2.17. The molecule has 26 heavy (non-hydrogen) atoms. The van der Waals surface area contributed by atoms with Gasteiger partial charge < -0.3 is 10.1 Å². The van der Waals surface area contributed by atoms with E-state index in [1.54, 1.807) is 0 Å². The molecule has 138 valence electrons. The fourth-order valence-electron chi connectivity index (χ4n) is 3.45. The van der Waals surface area contributed by atoms with Crippen molar-refractivity contribution in [3.05, 3.63) is 41.9 Å². The molecule has 0 saturated heterocycles. The van der Waals surface area contributed by atoms with E-state index < -0.39 is 0 Å². The largest absolute Gasteiger partial charge is 0.361 e. The fourth-order valence-corrected chi connectivity index (χ4v) is 4.86. The van der Waals surface area contributed by atoms with E-state index in [0.29, 0.717) is 11.8 Å². The lowest BCUT2D eigenvalue weighted by Crippen LogP contribution is -2.16. The predicted molar refractivity (Wildman–Crippen MR) is 106 cm³/mol. The highest BCUT2D eigenvalue weighted by molar-refractivity contribution is 6.39. The molecule has 0 spiro atoms. The van der Waals surface area contributed by atoms with E-state index in [2.05, 4.69) is 47.9 Å². The highest BCUT2D eigenvalue weighted by Gasteiger charge is 2.23. The minimum absolute atomic E-state index is 0.107. The summed E-state index contributed by atoms with van der Waals surface area (Å²) < 4.78 is 10.1. The maximum absolute atomic E-state index is 6.04. The van der Waals surface area contributed by atoms with Gasteiger partial charge in [0.15, 0.2) is 0 Å². The number of nitrogens with zero attached hydrogens (tertiary/aromatic N) is 4. The van der Waals surface area contributed by atoms with E-state index in [-0.39, 0.29) is 9.52 Å². The molecule has 7 heteroatoms. The lowest BCUT2D eigenvalue weighted by atomic mass is 10.3. The molecule has 2 aromatic heterocycles. The quantitative estimate of drug-likeness (QED) is 0.536. The molecule has 0 bridgehead atoms. The molecule has 4 rings (SSSR count). The molecule has 1 N–H and O–H groups in total. The summed E-state index contributed by atoms with van der Waals surface area (Å²) in [5, 5.41) is 9.57. The molecule has 0 radical (unpaired) electrons. The molecular weight excluding hydrogens is 342 g/mol. The van der Waals surface area contributed by atoms with Crippen molar-refractivity contribution in [1.82, 2.24) is 24.6 Å². The van der Waals surface area contributed by atoms with Crippen molar-refractivity contribution in [3.63, 3.8) is 0 Å². The van der Waals surface area contributed by atoms with E-state index in [0.717, 1.165) is 42.2 Å². The molecule has 0 atom stereocenters. The summed E-state index contributed by atoms with van der Waals surface area (Å²) in [6, 6.07) is 9.44. The molecule has 1 aliphatic rings. The topological polar surface area (TPSA) is 56.9 Å². The van der Waals surface area contributed by atoms with E-state index in [4.69, 9.17) is 9.72 Å². The van der Waals surface area contributed by atoms with E-state index in [1.165, 1.54) is 11.7 Å². The molecule has 3 aromatic rings. The van der Waals surface area contributed by atoms with Crippen LogP contribution in [-0.4, -0.2) is 35.5 Å². The first-order valence-corrected chi connectivity index (χ1v) is 11.0. The van der Waals surface area contributed by atoms with Crippen molar-refractivity contribution in [2.75, 3.05) is 6.61 Å². The van der Waals surface area contributed by atoms with Gasteiger partial charge in [-0.15, -0.1) is 0 Å². The van der Waals surface area contributed by atoms with Gasteiger partial charge in [-0.05, 0) is 17.1 Å². The third-order valence-corrected chi connectivity index (χ3v) is 6.96. The zero-order valence-corrected chi connectivity index (χ0v) is 17.2. The number of para-hydroxylation sites is 1. The Bertz CT molecular complexity index is 908. The first kappa shape index (κ1) is 17.5. The van der Waals surface area contributed by atoms with Gasteiger partial charge in [0.2, 0.25) is 5.95 Å². The zero-order chi connectivity index (χ0) is 18.1. The third-order valence-electron chi connectivity index (χ3n) is 4.82. The van der Waals surface area contributed by atoms with Crippen LogP contribution < -0.4 is 5.32 Å². The highest BCUT2D eigenvalue weighted by atomic mass is 28.2. The SMILES string of the molecule is CC(C)(C)[SiH2]CCOCn1c(-n2ncc3ccccc32)nc2c1CNC2. The maximum Gasteiger partial charge on any atom is 0.233 e. The Kier molecular flexibility index (Phi) is 4.68. The van der Waals surface area contributed by atoms with E-state index in [9.17, 15) is 0 Å². The number of ether oxygens (including phenoxy) is 1. The van der Waals surface area contributed by atoms with Gasteiger partial charge in [0.1, 0.15) is 6.73 Å². The summed E-state index contributed by atoms with van der Waals surface area (Å²) in [5.41, 5.74) is 3.39. The number of rotatable bonds is 6. The molecule has 0 fully saturated rings. The molecule has 0 amide bonds. The molecule has 0 aliphatic carbocycles. The van der Waals surface area contributed by atoms with Gasteiger partial charge >= 0.3 is 0 Å². The summed E-state index contributed by atoms with van der Waals surface area (Å²) in [5.74, 6) is 0.853. The van der Waals surface area contributed by atoms with Gasteiger partial charge in [-0.25, -0.2) is 4.98 Å². The van der Waals surface area contributed by atoms with Gasteiger partial charge in [-0.2, -0.15) is 9.78 Å². The van der Waals surface area contributed by atoms with Crippen molar-refractivity contribution in [2.24, 2.45) is 0 Å². The van der Waals surface area contributed by atoms with Crippen LogP contribution in [0.1, 0.15) is 32.2 Å². The second-order valence-electron chi connectivity index (χ2n) is 8.15. The van der Waals surface area contributed by atoms with Crippen LogP contribution in [0.5, 0.6) is 0 Å². The third kappa shape index (κ3) is 3.47. The monoisotopic (exact) mass is 369 g/mol.